The zero-order valence-electron chi connectivity index (χ0n) is 10.0. The van der Waals surface area contributed by atoms with Crippen LogP contribution in [0.3, 0.4) is 0 Å². The van der Waals surface area contributed by atoms with E-state index < -0.39 is 0 Å². The first-order valence-corrected chi connectivity index (χ1v) is 7.56. The fourth-order valence-corrected chi connectivity index (χ4v) is 3.82. The van der Waals surface area contributed by atoms with E-state index in [4.69, 9.17) is 0 Å². The molecule has 0 spiro atoms. The maximum atomic E-state index is 3.89. The molecule has 2 unspecified atom stereocenters. The van der Waals surface area contributed by atoms with Gasteiger partial charge in [0.2, 0.25) is 0 Å². The summed E-state index contributed by atoms with van der Waals surface area (Å²) in [7, 11) is 2.23. The van der Waals surface area contributed by atoms with E-state index in [2.05, 4.69) is 35.3 Å². The van der Waals surface area contributed by atoms with Gasteiger partial charge in [-0.05, 0) is 52.1 Å². The first-order valence-electron chi connectivity index (χ1n) is 6.27. The van der Waals surface area contributed by atoms with E-state index in [0.717, 1.165) is 17.3 Å². The summed E-state index contributed by atoms with van der Waals surface area (Å²) < 4.78 is 0. The van der Waals surface area contributed by atoms with E-state index >= 15 is 0 Å². The number of likely N-dealkylation sites (tertiary alicyclic amines) is 1. The number of hydrogen-bond donors (Lipinski definition) is 1. The van der Waals surface area contributed by atoms with Crippen molar-refractivity contribution in [3.05, 3.63) is 0 Å². The third kappa shape index (κ3) is 3.11. The maximum absolute atomic E-state index is 3.89. The van der Waals surface area contributed by atoms with Crippen LogP contribution in [0.1, 0.15) is 32.1 Å². The fraction of sp³-hybridized carbons (Fsp3) is 1.00. The van der Waals surface area contributed by atoms with Gasteiger partial charge in [-0.1, -0.05) is 6.42 Å². The smallest absolute Gasteiger partial charge is 0.0198 e. The number of rotatable bonds is 3. The zero-order valence-corrected chi connectivity index (χ0v) is 10.9. The van der Waals surface area contributed by atoms with Crippen LogP contribution in [0.25, 0.3) is 0 Å². The molecule has 1 aliphatic heterocycles. The Morgan fingerprint density at radius 2 is 1.87 bits per heavy atom. The van der Waals surface area contributed by atoms with Crippen LogP contribution in [0, 0.1) is 0 Å². The molecule has 0 radical (unpaired) electrons. The predicted molar refractivity (Wildman–Crippen MR) is 68.6 cm³/mol. The molecule has 0 amide bonds. The number of nitrogens with zero attached hydrogens (tertiary/aromatic N) is 1. The molecule has 0 aromatic carbocycles. The summed E-state index contributed by atoms with van der Waals surface area (Å²) in [6, 6.07) is 1.59. The molecule has 1 saturated carbocycles. The van der Waals surface area contributed by atoms with Gasteiger partial charge in [0, 0.05) is 17.3 Å². The summed E-state index contributed by atoms with van der Waals surface area (Å²) in [5.41, 5.74) is 0. The summed E-state index contributed by atoms with van der Waals surface area (Å²) in [5, 5.41) is 4.77. The van der Waals surface area contributed by atoms with Crippen molar-refractivity contribution in [1.29, 1.82) is 0 Å². The van der Waals surface area contributed by atoms with E-state index in [-0.39, 0.29) is 0 Å². The van der Waals surface area contributed by atoms with Crippen molar-refractivity contribution >= 4 is 11.8 Å². The van der Waals surface area contributed by atoms with Crippen molar-refractivity contribution in [2.24, 2.45) is 0 Å². The maximum Gasteiger partial charge on any atom is 0.0198 e. The third-order valence-corrected chi connectivity index (χ3v) is 5.09. The first kappa shape index (κ1) is 11.7. The molecule has 1 heterocycles. The highest BCUT2D eigenvalue weighted by atomic mass is 32.2. The average molecular weight is 228 g/mol. The van der Waals surface area contributed by atoms with Crippen molar-refractivity contribution in [3.8, 4) is 0 Å². The highest BCUT2D eigenvalue weighted by Gasteiger charge is 2.29. The van der Waals surface area contributed by atoms with Crippen molar-refractivity contribution in [1.82, 2.24) is 10.2 Å². The standard InChI is InChI=1S/C12H24N2S/c1-14-8-6-10(7-9-14)13-11-4-3-5-12(11)15-2/h10-13H,3-9H2,1-2H3. The van der Waals surface area contributed by atoms with Gasteiger partial charge in [0.05, 0.1) is 0 Å². The number of thioether (sulfide) groups is 1. The van der Waals surface area contributed by atoms with Crippen molar-refractivity contribution in [2.75, 3.05) is 26.4 Å². The lowest BCUT2D eigenvalue weighted by Crippen LogP contribution is -2.47. The molecule has 3 heteroatoms. The fourth-order valence-electron chi connectivity index (χ4n) is 2.88. The van der Waals surface area contributed by atoms with Gasteiger partial charge in [-0.15, -0.1) is 0 Å². The van der Waals surface area contributed by atoms with E-state index in [1.54, 1.807) is 0 Å². The summed E-state index contributed by atoms with van der Waals surface area (Å²) in [6.07, 6.45) is 9.20. The molecule has 2 rings (SSSR count). The van der Waals surface area contributed by atoms with Crippen molar-refractivity contribution < 1.29 is 0 Å². The van der Waals surface area contributed by atoms with Gasteiger partial charge in [0.25, 0.3) is 0 Å². The van der Waals surface area contributed by atoms with Crippen LogP contribution < -0.4 is 5.32 Å². The third-order valence-electron chi connectivity index (χ3n) is 3.92. The van der Waals surface area contributed by atoms with Crippen LogP contribution in [0.4, 0.5) is 0 Å². The Morgan fingerprint density at radius 3 is 2.53 bits per heavy atom. The minimum absolute atomic E-state index is 0.791. The number of hydrogen-bond acceptors (Lipinski definition) is 3. The molecular weight excluding hydrogens is 204 g/mol. The average Bonchev–Trinajstić information content (AvgIpc) is 2.69. The minimum atomic E-state index is 0.791. The Kier molecular flexibility index (Phi) is 4.35. The zero-order chi connectivity index (χ0) is 10.7. The molecule has 1 aliphatic carbocycles. The van der Waals surface area contributed by atoms with Crippen LogP contribution >= 0.6 is 11.8 Å². The molecule has 2 aliphatic rings. The molecule has 2 atom stereocenters. The van der Waals surface area contributed by atoms with Gasteiger partial charge in [-0.25, -0.2) is 0 Å². The molecule has 0 aromatic heterocycles. The molecule has 15 heavy (non-hydrogen) atoms. The van der Waals surface area contributed by atoms with Crippen LogP contribution in [-0.4, -0.2) is 48.6 Å². The van der Waals surface area contributed by atoms with Gasteiger partial charge in [0.15, 0.2) is 0 Å². The predicted octanol–water partition coefficient (Wildman–Crippen LogP) is 1.95. The Hall–Kier alpha value is 0.270. The van der Waals surface area contributed by atoms with Crippen LogP contribution in [-0.2, 0) is 0 Å². The molecule has 2 fully saturated rings. The molecule has 0 bridgehead atoms. The molecule has 1 saturated heterocycles. The highest BCUT2D eigenvalue weighted by Crippen LogP contribution is 2.29. The largest absolute Gasteiger partial charge is 0.310 e. The van der Waals surface area contributed by atoms with E-state index in [1.807, 2.05) is 0 Å². The molecule has 1 N–H and O–H groups in total. The Bertz CT molecular complexity index is 190. The summed E-state index contributed by atoms with van der Waals surface area (Å²) in [5.74, 6) is 0. The summed E-state index contributed by atoms with van der Waals surface area (Å²) >= 11 is 2.06. The van der Waals surface area contributed by atoms with Crippen LogP contribution in [0.15, 0.2) is 0 Å². The van der Waals surface area contributed by atoms with Gasteiger partial charge in [-0.3, -0.25) is 0 Å². The second kappa shape index (κ2) is 5.55. The minimum Gasteiger partial charge on any atom is -0.310 e. The Labute approximate surface area is 98.2 Å². The normalized spacial score (nSPS) is 34.8. The molecule has 0 aromatic rings. The quantitative estimate of drug-likeness (QED) is 0.795. The van der Waals surface area contributed by atoms with Crippen LogP contribution in [0.5, 0.6) is 0 Å². The first-order chi connectivity index (χ1) is 7.29. The topological polar surface area (TPSA) is 15.3 Å². The second-order valence-corrected chi connectivity index (χ2v) is 6.13. The monoisotopic (exact) mass is 228 g/mol. The lowest BCUT2D eigenvalue weighted by atomic mass is 10.0. The van der Waals surface area contributed by atoms with Crippen molar-refractivity contribution in [2.45, 2.75) is 49.4 Å². The molecule has 88 valence electrons. The van der Waals surface area contributed by atoms with E-state index in [0.29, 0.717) is 0 Å². The number of piperidine rings is 1. The van der Waals surface area contributed by atoms with Crippen molar-refractivity contribution in [3.63, 3.8) is 0 Å². The van der Waals surface area contributed by atoms with Crippen LogP contribution in [0.2, 0.25) is 0 Å². The van der Waals surface area contributed by atoms with Gasteiger partial charge in [-0.2, -0.15) is 11.8 Å². The Balaban J connectivity index is 1.76. The molecule has 2 nitrogen and oxygen atoms in total. The second-order valence-electron chi connectivity index (χ2n) is 5.06. The number of nitrogens with one attached hydrogen (secondary N) is 1. The van der Waals surface area contributed by atoms with E-state index in [1.165, 1.54) is 45.2 Å². The highest BCUT2D eigenvalue weighted by molar-refractivity contribution is 7.99. The summed E-state index contributed by atoms with van der Waals surface area (Å²) in [4.78, 5) is 2.44. The lowest BCUT2D eigenvalue weighted by molar-refractivity contribution is 0.225. The molecular formula is C12H24N2S. The SMILES string of the molecule is CSC1CCCC1NC1CCN(C)CC1. The Morgan fingerprint density at radius 1 is 1.13 bits per heavy atom. The van der Waals surface area contributed by atoms with Gasteiger partial charge in [0.1, 0.15) is 0 Å². The van der Waals surface area contributed by atoms with E-state index in [9.17, 15) is 0 Å². The van der Waals surface area contributed by atoms with Gasteiger partial charge >= 0.3 is 0 Å². The summed E-state index contributed by atoms with van der Waals surface area (Å²) in [6.45, 7) is 2.54. The lowest BCUT2D eigenvalue weighted by Gasteiger charge is -2.33. The van der Waals surface area contributed by atoms with Gasteiger partial charge < -0.3 is 10.2 Å².